The molecule has 0 spiro atoms. The number of anilines is 1. The van der Waals surface area contributed by atoms with Crippen LogP contribution in [0.2, 0.25) is 0 Å². The fourth-order valence-electron chi connectivity index (χ4n) is 1.80. The van der Waals surface area contributed by atoms with Crippen molar-refractivity contribution in [2.24, 2.45) is 5.92 Å². The SMILES string of the molecule is CCc1csc(NC(=O)CN(CC(C)C)C(C)C)n1. The van der Waals surface area contributed by atoms with Crippen LogP contribution in [0.25, 0.3) is 0 Å². The molecule has 0 atom stereocenters. The summed E-state index contributed by atoms with van der Waals surface area (Å²) in [5, 5.41) is 5.58. The summed E-state index contributed by atoms with van der Waals surface area (Å²) < 4.78 is 0. The molecule has 0 fully saturated rings. The van der Waals surface area contributed by atoms with Gasteiger partial charge in [0.15, 0.2) is 5.13 Å². The predicted molar refractivity (Wildman–Crippen MR) is 81.7 cm³/mol. The van der Waals surface area contributed by atoms with Crippen LogP contribution in [0.15, 0.2) is 5.38 Å². The highest BCUT2D eigenvalue weighted by Crippen LogP contribution is 2.15. The van der Waals surface area contributed by atoms with E-state index >= 15 is 0 Å². The van der Waals surface area contributed by atoms with E-state index in [2.05, 4.69) is 49.8 Å². The lowest BCUT2D eigenvalue weighted by atomic mass is 10.2. The third-order valence-corrected chi connectivity index (χ3v) is 3.64. The van der Waals surface area contributed by atoms with Crippen molar-refractivity contribution in [3.05, 3.63) is 11.1 Å². The molecule has 1 N–H and O–H groups in total. The van der Waals surface area contributed by atoms with E-state index in [1.807, 2.05) is 5.38 Å². The molecule has 0 unspecified atom stereocenters. The summed E-state index contributed by atoms with van der Waals surface area (Å²) in [7, 11) is 0. The zero-order chi connectivity index (χ0) is 14.4. The molecule has 0 saturated heterocycles. The number of carbonyl (C=O) groups excluding carboxylic acids is 1. The van der Waals surface area contributed by atoms with Gasteiger partial charge in [0.1, 0.15) is 0 Å². The summed E-state index contributed by atoms with van der Waals surface area (Å²) in [4.78, 5) is 18.6. The van der Waals surface area contributed by atoms with Gasteiger partial charge < -0.3 is 5.32 Å². The van der Waals surface area contributed by atoms with Crippen molar-refractivity contribution in [1.82, 2.24) is 9.88 Å². The molecule has 1 amide bonds. The number of rotatable bonds is 7. The summed E-state index contributed by atoms with van der Waals surface area (Å²) in [6.07, 6.45) is 0.901. The second-order valence-corrected chi connectivity index (χ2v) is 6.32. The lowest BCUT2D eigenvalue weighted by Crippen LogP contribution is -2.40. The van der Waals surface area contributed by atoms with E-state index < -0.39 is 0 Å². The molecule has 1 rings (SSSR count). The molecule has 0 aliphatic rings. The minimum Gasteiger partial charge on any atom is -0.301 e. The van der Waals surface area contributed by atoms with Crippen LogP contribution in [0.3, 0.4) is 0 Å². The monoisotopic (exact) mass is 283 g/mol. The molecule has 5 heteroatoms. The van der Waals surface area contributed by atoms with Gasteiger partial charge in [-0.2, -0.15) is 0 Å². The third-order valence-electron chi connectivity index (χ3n) is 2.84. The van der Waals surface area contributed by atoms with E-state index in [4.69, 9.17) is 0 Å². The molecule has 108 valence electrons. The van der Waals surface area contributed by atoms with Crippen molar-refractivity contribution in [2.75, 3.05) is 18.4 Å². The number of hydrogen-bond acceptors (Lipinski definition) is 4. The van der Waals surface area contributed by atoms with Gasteiger partial charge in [0.05, 0.1) is 12.2 Å². The second-order valence-electron chi connectivity index (χ2n) is 5.46. The fourth-order valence-corrected chi connectivity index (χ4v) is 2.61. The molecular formula is C14H25N3OS. The Kier molecular flexibility index (Phi) is 6.45. The molecule has 4 nitrogen and oxygen atoms in total. The maximum atomic E-state index is 12.0. The van der Waals surface area contributed by atoms with Crippen molar-refractivity contribution in [2.45, 2.75) is 47.1 Å². The zero-order valence-electron chi connectivity index (χ0n) is 12.6. The maximum Gasteiger partial charge on any atom is 0.240 e. The first-order chi connectivity index (χ1) is 8.92. The quantitative estimate of drug-likeness (QED) is 0.836. The Morgan fingerprint density at radius 1 is 1.42 bits per heavy atom. The van der Waals surface area contributed by atoms with E-state index in [0.717, 1.165) is 18.7 Å². The van der Waals surface area contributed by atoms with Crippen LogP contribution < -0.4 is 5.32 Å². The molecule has 1 aromatic heterocycles. The van der Waals surface area contributed by atoms with Crippen molar-refractivity contribution in [3.63, 3.8) is 0 Å². The lowest BCUT2D eigenvalue weighted by Gasteiger charge is -2.27. The highest BCUT2D eigenvalue weighted by molar-refractivity contribution is 7.13. The van der Waals surface area contributed by atoms with Crippen LogP contribution in [0.1, 0.15) is 40.3 Å². The summed E-state index contributed by atoms with van der Waals surface area (Å²) in [6.45, 7) is 12.0. The minimum atomic E-state index is 0.0198. The van der Waals surface area contributed by atoms with Crippen LogP contribution in [0.4, 0.5) is 5.13 Å². The lowest BCUT2D eigenvalue weighted by molar-refractivity contribution is -0.117. The van der Waals surface area contributed by atoms with Gasteiger partial charge in [0.25, 0.3) is 0 Å². The van der Waals surface area contributed by atoms with E-state index in [0.29, 0.717) is 23.6 Å². The van der Waals surface area contributed by atoms with Crippen LogP contribution in [-0.2, 0) is 11.2 Å². The first-order valence-corrected chi connectivity index (χ1v) is 7.78. The number of carbonyl (C=O) groups is 1. The third kappa shape index (κ3) is 5.70. The van der Waals surface area contributed by atoms with Gasteiger partial charge in [-0.3, -0.25) is 9.69 Å². The molecule has 1 heterocycles. The molecule has 0 saturated carbocycles. The highest BCUT2D eigenvalue weighted by atomic mass is 32.1. The Morgan fingerprint density at radius 3 is 2.58 bits per heavy atom. The number of aryl methyl sites for hydroxylation is 1. The fraction of sp³-hybridized carbons (Fsp3) is 0.714. The van der Waals surface area contributed by atoms with Gasteiger partial charge >= 0.3 is 0 Å². The smallest absolute Gasteiger partial charge is 0.240 e. The average molecular weight is 283 g/mol. The minimum absolute atomic E-state index is 0.0198. The van der Waals surface area contributed by atoms with Crippen molar-refractivity contribution < 1.29 is 4.79 Å². The number of amides is 1. The van der Waals surface area contributed by atoms with E-state index in [1.54, 1.807) is 0 Å². The van der Waals surface area contributed by atoms with E-state index in [9.17, 15) is 4.79 Å². The maximum absolute atomic E-state index is 12.0. The first-order valence-electron chi connectivity index (χ1n) is 6.90. The average Bonchev–Trinajstić information content (AvgIpc) is 2.75. The molecular weight excluding hydrogens is 258 g/mol. The van der Waals surface area contributed by atoms with Crippen LogP contribution in [0, 0.1) is 5.92 Å². The Hall–Kier alpha value is -0.940. The van der Waals surface area contributed by atoms with Crippen molar-refractivity contribution >= 4 is 22.4 Å². The number of thiazole rings is 1. The first kappa shape index (κ1) is 16.1. The normalized spacial score (nSPS) is 11.6. The summed E-state index contributed by atoms with van der Waals surface area (Å²) in [5.74, 6) is 0.577. The molecule has 1 aromatic rings. The molecule has 0 aromatic carbocycles. The van der Waals surface area contributed by atoms with Crippen molar-refractivity contribution in [3.8, 4) is 0 Å². The Bertz CT molecular complexity index is 401. The second kappa shape index (κ2) is 7.60. The molecule has 0 radical (unpaired) electrons. The summed E-state index contributed by atoms with van der Waals surface area (Å²) in [6, 6.07) is 0.371. The van der Waals surface area contributed by atoms with Gasteiger partial charge in [0.2, 0.25) is 5.91 Å². The van der Waals surface area contributed by atoms with E-state index in [-0.39, 0.29) is 5.91 Å². The number of hydrogen-bond donors (Lipinski definition) is 1. The van der Waals surface area contributed by atoms with Gasteiger partial charge in [0, 0.05) is 18.0 Å². The van der Waals surface area contributed by atoms with Gasteiger partial charge in [-0.25, -0.2) is 4.98 Å². The highest BCUT2D eigenvalue weighted by Gasteiger charge is 2.16. The number of nitrogens with zero attached hydrogens (tertiary/aromatic N) is 2. The molecule has 0 aliphatic heterocycles. The van der Waals surface area contributed by atoms with Gasteiger partial charge in [-0.1, -0.05) is 20.8 Å². The summed E-state index contributed by atoms with van der Waals surface area (Å²) >= 11 is 1.49. The molecule has 0 bridgehead atoms. The molecule has 0 aliphatic carbocycles. The number of nitrogens with one attached hydrogen (secondary N) is 1. The van der Waals surface area contributed by atoms with Crippen LogP contribution in [0.5, 0.6) is 0 Å². The van der Waals surface area contributed by atoms with Crippen molar-refractivity contribution in [1.29, 1.82) is 0 Å². The van der Waals surface area contributed by atoms with Gasteiger partial charge in [-0.05, 0) is 26.2 Å². The van der Waals surface area contributed by atoms with Gasteiger partial charge in [-0.15, -0.1) is 11.3 Å². The zero-order valence-corrected chi connectivity index (χ0v) is 13.4. The van der Waals surface area contributed by atoms with Crippen LogP contribution >= 0.6 is 11.3 Å². The molecule has 19 heavy (non-hydrogen) atoms. The van der Waals surface area contributed by atoms with Crippen LogP contribution in [-0.4, -0.2) is 34.9 Å². The topological polar surface area (TPSA) is 45.2 Å². The standard InChI is InChI=1S/C14H25N3OS/c1-6-12-9-19-14(15-12)16-13(18)8-17(11(4)5)7-10(2)3/h9-11H,6-8H2,1-5H3,(H,15,16,18). The Labute approximate surface area is 120 Å². The Balaban J connectivity index is 2.52. The predicted octanol–water partition coefficient (Wildman–Crippen LogP) is 3.01. The Morgan fingerprint density at radius 2 is 2.11 bits per heavy atom. The largest absolute Gasteiger partial charge is 0.301 e. The number of aromatic nitrogens is 1. The summed E-state index contributed by atoms with van der Waals surface area (Å²) in [5.41, 5.74) is 1.03. The van der Waals surface area contributed by atoms with E-state index in [1.165, 1.54) is 11.3 Å².